The minimum atomic E-state index is -3.96. The van der Waals surface area contributed by atoms with Crippen LogP contribution in [0.5, 0.6) is 0 Å². The van der Waals surface area contributed by atoms with E-state index in [1.165, 1.54) is 10.4 Å². The molecule has 0 unspecified atom stereocenters. The first kappa shape index (κ1) is 24.4. The van der Waals surface area contributed by atoms with E-state index in [0.29, 0.717) is 49.7 Å². The van der Waals surface area contributed by atoms with Crippen molar-refractivity contribution in [3.63, 3.8) is 0 Å². The van der Waals surface area contributed by atoms with Gasteiger partial charge in [0, 0.05) is 54.0 Å². The molecule has 4 heterocycles. The van der Waals surface area contributed by atoms with Crippen LogP contribution in [0.2, 0.25) is 0 Å². The molecule has 0 saturated carbocycles. The number of sulfonamides is 1. The number of para-hydroxylation sites is 1. The van der Waals surface area contributed by atoms with Crippen LogP contribution in [0.4, 0.5) is 10.1 Å². The van der Waals surface area contributed by atoms with Crippen LogP contribution in [-0.4, -0.2) is 97.9 Å². The molecule has 9 nitrogen and oxygen atoms in total. The van der Waals surface area contributed by atoms with Crippen molar-refractivity contribution in [2.24, 2.45) is 0 Å². The summed E-state index contributed by atoms with van der Waals surface area (Å²) in [6, 6.07) is 13.7. The Morgan fingerprint density at radius 2 is 1.84 bits per heavy atom. The van der Waals surface area contributed by atoms with Gasteiger partial charge >= 0.3 is 0 Å². The number of halogens is 1. The van der Waals surface area contributed by atoms with Crippen LogP contribution < -0.4 is 4.90 Å². The van der Waals surface area contributed by atoms with Gasteiger partial charge in [-0.05, 0) is 36.8 Å². The van der Waals surface area contributed by atoms with Crippen molar-refractivity contribution < 1.29 is 27.4 Å². The third-order valence-corrected chi connectivity index (χ3v) is 9.44. The SMILES string of the molecule is O=C([C@@H]1CCN1S(=O)(=O)c1ccc(N2C[C@@H](O)[C@@H](F)C2)c(-c2cc3ccccc3[nH]2)c1)N1CCOCC1. The predicted molar refractivity (Wildman–Crippen MR) is 137 cm³/mol. The normalized spacial score (nSPS) is 25.0. The molecule has 11 heteroatoms. The lowest BCUT2D eigenvalue weighted by molar-refractivity contribution is -0.142. The summed E-state index contributed by atoms with van der Waals surface area (Å²) in [5.41, 5.74) is 2.81. The first-order valence-corrected chi connectivity index (χ1v) is 13.9. The van der Waals surface area contributed by atoms with Gasteiger partial charge in [-0.15, -0.1) is 0 Å². The molecule has 1 aromatic heterocycles. The second-order valence-corrected chi connectivity index (χ2v) is 11.7. The van der Waals surface area contributed by atoms with Crippen molar-refractivity contribution in [2.45, 2.75) is 29.6 Å². The number of aromatic amines is 1. The summed E-state index contributed by atoms with van der Waals surface area (Å²) in [6.07, 6.45) is -2.01. The zero-order chi connectivity index (χ0) is 25.7. The van der Waals surface area contributed by atoms with E-state index in [9.17, 15) is 22.7 Å². The summed E-state index contributed by atoms with van der Waals surface area (Å²) in [4.78, 5) is 19.9. The molecule has 196 valence electrons. The average molecular weight is 529 g/mol. The van der Waals surface area contributed by atoms with Crippen molar-refractivity contribution in [1.82, 2.24) is 14.2 Å². The summed E-state index contributed by atoms with van der Waals surface area (Å²) < 4.78 is 48.2. The Morgan fingerprint density at radius 1 is 1.05 bits per heavy atom. The van der Waals surface area contributed by atoms with Gasteiger partial charge in [-0.2, -0.15) is 4.31 Å². The lowest BCUT2D eigenvalue weighted by Crippen LogP contribution is -2.60. The zero-order valence-corrected chi connectivity index (χ0v) is 21.0. The molecular formula is C26H29FN4O5S. The summed E-state index contributed by atoms with van der Waals surface area (Å²) in [6.45, 7) is 2.22. The number of aliphatic hydroxyl groups excluding tert-OH is 1. The number of benzene rings is 2. The Labute approximate surface area is 214 Å². The fraction of sp³-hybridized carbons (Fsp3) is 0.423. The maximum atomic E-state index is 14.2. The molecule has 0 bridgehead atoms. The molecule has 0 radical (unpaired) electrons. The number of anilines is 1. The molecule has 0 aliphatic carbocycles. The second kappa shape index (κ2) is 9.39. The van der Waals surface area contributed by atoms with Gasteiger partial charge in [0.25, 0.3) is 0 Å². The number of β-amino-alcohol motifs (C(OH)–C–C–N with tert-alkyl or cyclic N) is 1. The molecule has 3 aromatic rings. The minimum Gasteiger partial charge on any atom is -0.388 e. The van der Waals surface area contributed by atoms with Gasteiger partial charge in [0.1, 0.15) is 18.3 Å². The number of hydrogen-bond donors (Lipinski definition) is 2. The van der Waals surface area contributed by atoms with Gasteiger partial charge in [-0.3, -0.25) is 4.79 Å². The standard InChI is InChI=1S/C26H29FN4O5S/c27-20-15-30(16-25(20)32)23-6-5-18(14-19(23)22-13-17-3-1-2-4-21(17)28-22)37(34,35)31-8-7-24(31)26(33)29-9-11-36-12-10-29/h1-6,13-14,20,24-25,28,32H,7-12,15-16H2/t20-,24-,25+/m0/s1. The maximum Gasteiger partial charge on any atom is 0.243 e. The molecule has 37 heavy (non-hydrogen) atoms. The van der Waals surface area contributed by atoms with Gasteiger partial charge in [0.05, 0.1) is 24.7 Å². The number of aliphatic hydroxyl groups is 1. The number of carbonyl (C=O) groups excluding carboxylic acids is 1. The maximum absolute atomic E-state index is 14.2. The van der Waals surface area contributed by atoms with E-state index < -0.39 is 28.3 Å². The molecule has 1 amide bonds. The molecular weight excluding hydrogens is 499 g/mol. The van der Waals surface area contributed by atoms with Crippen LogP contribution >= 0.6 is 0 Å². The van der Waals surface area contributed by atoms with E-state index in [-0.39, 0.29) is 30.4 Å². The molecule has 3 fully saturated rings. The van der Waals surface area contributed by atoms with Crippen molar-refractivity contribution in [2.75, 3.05) is 50.8 Å². The number of aromatic nitrogens is 1. The largest absolute Gasteiger partial charge is 0.388 e. The van der Waals surface area contributed by atoms with E-state index in [1.807, 2.05) is 30.3 Å². The molecule has 2 N–H and O–H groups in total. The van der Waals surface area contributed by atoms with Gasteiger partial charge in [-0.25, -0.2) is 12.8 Å². The average Bonchev–Trinajstić information content (AvgIpc) is 3.46. The first-order chi connectivity index (χ1) is 17.8. The van der Waals surface area contributed by atoms with Crippen molar-refractivity contribution in [1.29, 1.82) is 0 Å². The number of nitrogens with one attached hydrogen (secondary N) is 1. The first-order valence-electron chi connectivity index (χ1n) is 12.5. The molecule has 3 atom stereocenters. The number of nitrogens with zero attached hydrogens (tertiary/aromatic N) is 3. The van der Waals surface area contributed by atoms with Gasteiger partial charge in [0.2, 0.25) is 15.9 Å². The third kappa shape index (κ3) is 4.29. The summed E-state index contributed by atoms with van der Waals surface area (Å²) in [5, 5.41) is 11.0. The number of amides is 1. The molecule has 3 aliphatic heterocycles. The number of ether oxygens (including phenoxy) is 1. The molecule has 6 rings (SSSR count). The van der Waals surface area contributed by atoms with E-state index in [1.54, 1.807) is 21.9 Å². The summed E-state index contributed by atoms with van der Waals surface area (Å²) in [7, 11) is -3.96. The summed E-state index contributed by atoms with van der Waals surface area (Å²) in [5.74, 6) is -0.189. The second-order valence-electron chi connectivity index (χ2n) is 9.80. The predicted octanol–water partition coefficient (Wildman–Crippen LogP) is 1.98. The van der Waals surface area contributed by atoms with E-state index in [4.69, 9.17) is 4.74 Å². The fourth-order valence-electron chi connectivity index (χ4n) is 5.36. The topological polar surface area (TPSA) is 106 Å². The zero-order valence-electron chi connectivity index (χ0n) is 20.2. The lowest BCUT2D eigenvalue weighted by atomic mass is 10.1. The monoisotopic (exact) mass is 528 g/mol. The minimum absolute atomic E-state index is 0.0166. The number of H-pyrrole nitrogens is 1. The smallest absolute Gasteiger partial charge is 0.243 e. The quantitative estimate of drug-likeness (QED) is 0.525. The van der Waals surface area contributed by atoms with Gasteiger partial charge < -0.3 is 24.6 Å². The van der Waals surface area contributed by atoms with Crippen LogP contribution in [0.3, 0.4) is 0 Å². The van der Waals surface area contributed by atoms with Gasteiger partial charge in [-0.1, -0.05) is 18.2 Å². The van der Waals surface area contributed by atoms with E-state index in [0.717, 1.165) is 10.9 Å². The highest BCUT2D eigenvalue weighted by atomic mass is 32.2. The Hall–Kier alpha value is -2.99. The van der Waals surface area contributed by atoms with Crippen LogP contribution in [0, 0.1) is 0 Å². The molecule has 3 saturated heterocycles. The third-order valence-electron chi connectivity index (χ3n) is 7.53. The number of rotatable bonds is 5. The van der Waals surface area contributed by atoms with Crippen molar-refractivity contribution in [3.05, 3.63) is 48.5 Å². The summed E-state index contributed by atoms with van der Waals surface area (Å²) >= 11 is 0. The Kier molecular flexibility index (Phi) is 6.18. The van der Waals surface area contributed by atoms with Gasteiger partial charge in [0.15, 0.2) is 0 Å². The number of morpholine rings is 1. The van der Waals surface area contributed by atoms with Crippen LogP contribution in [-0.2, 0) is 19.6 Å². The number of alkyl halides is 1. The highest BCUT2D eigenvalue weighted by molar-refractivity contribution is 7.89. The van der Waals surface area contributed by atoms with E-state index in [2.05, 4.69) is 4.98 Å². The molecule has 3 aliphatic rings. The Bertz CT molecular complexity index is 1390. The molecule has 0 spiro atoms. The Balaban J connectivity index is 1.37. The van der Waals surface area contributed by atoms with Crippen LogP contribution in [0.1, 0.15) is 6.42 Å². The van der Waals surface area contributed by atoms with Crippen molar-refractivity contribution >= 4 is 32.5 Å². The number of fused-ring (bicyclic) bond motifs is 1. The highest BCUT2D eigenvalue weighted by Gasteiger charge is 2.45. The lowest BCUT2D eigenvalue weighted by Gasteiger charge is -2.41. The van der Waals surface area contributed by atoms with Crippen LogP contribution in [0.25, 0.3) is 22.2 Å². The Morgan fingerprint density at radius 3 is 2.51 bits per heavy atom. The van der Waals surface area contributed by atoms with Crippen molar-refractivity contribution in [3.8, 4) is 11.3 Å². The number of carbonyl (C=O) groups is 1. The fourth-order valence-corrected chi connectivity index (χ4v) is 7.01. The number of hydrogen-bond acceptors (Lipinski definition) is 6. The van der Waals surface area contributed by atoms with E-state index >= 15 is 0 Å². The molecule has 2 aromatic carbocycles. The highest BCUT2D eigenvalue weighted by Crippen LogP contribution is 2.38. The van der Waals surface area contributed by atoms with Crippen LogP contribution in [0.15, 0.2) is 53.4 Å².